The van der Waals surface area contributed by atoms with Crippen LogP contribution in [0.4, 0.5) is 22.7 Å². The molecule has 0 fully saturated rings. The SMILES string of the molecule is CC1(C)c2ncccc2-c2cc[c-]c([N+]3=C=[N+](c4ccccc4)c4ccccc43)c21.Cc1c[c-]c(-c2cc(C)c(C)cn2)cc1.[Ir]. The molecular formula is C41H34IrN4. The maximum Gasteiger partial charge on any atom is 0.501 e. The molecule has 0 amide bonds. The first-order chi connectivity index (χ1) is 21.8. The second-order valence-electron chi connectivity index (χ2n) is 12.2. The van der Waals surface area contributed by atoms with E-state index in [-0.39, 0.29) is 25.5 Å². The van der Waals surface area contributed by atoms with Crippen molar-refractivity contribution in [2.24, 2.45) is 0 Å². The first kappa shape index (κ1) is 31.2. The maximum absolute atomic E-state index is 4.74. The Hall–Kier alpha value is -4.79. The summed E-state index contributed by atoms with van der Waals surface area (Å²) >= 11 is 0. The quantitative estimate of drug-likeness (QED) is 0.132. The number of benzene rings is 4. The molecule has 0 bridgehead atoms. The molecule has 5 heteroatoms. The molecule has 8 rings (SSSR count). The molecule has 1 radical (unpaired) electrons. The number of hydrogen-bond acceptors (Lipinski definition) is 2. The zero-order valence-corrected chi connectivity index (χ0v) is 29.0. The number of fused-ring (bicyclic) bond motifs is 4. The van der Waals surface area contributed by atoms with Crippen LogP contribution in [-0.4, -0.2) is 16.0 Å². The second-order valence-corrected chi connectivity index (χ2v) is 12.2. The Morgan fingerprint density at radius 3 is 2.17 bits per heavy atom. The first-order valence-corrected chi connectivity index (χ1v) is 15.3. The van der Waals surface area contributed by atoms with Gasteiger partial charge in [0.25, 0.3) is 11.4 Å². The van der Waals surface area contributed by atoms with Crippen molar-refractivity contribution in [2.45, 2.75) is 40.0 Å². The minimum atomic E-state index is -0.212. The molecule has 0 unspecified atom stereocenters. The van der Waals surface area contributed by atoms with Gasteiger partial charge in [0.1, 0.15) is 5.69 Å². The number of pyridine rings is 2. The predicted octanol–water partition coefficient (Wildman–Crippen LogP) is 9.52. The largest absolute Gasteiger partial charge is 0.501 e. The zero-order valence-electron chi connectivity index (χ0n) is 26.6. The second kappa shape index (κ2) is 12.5. The number of nitrogens with zero attached hydrogens (tertiary/aromatic N) is 4. The topological polar surface area (TPSA) is 31.8 Å². The van der Waals surface area contributed by atoms with E-state index in [1.54, 1.807) is 0 Å². The van der Waals surface area contributed by atoms with Crippen LogP contribution < -0.4 is 9.15 Å². The number of hydrogen-bond donors (Lipinski definition) is 0. The minimum Gasteiger partial charge on any atom is -0.304 e. The van der Waals surface area contributed by atoms with Gasteiger partial charge in [-0.2, -0.15) is 12.1 Å². The molecule has 0 atom stereocenters. The van der Waals surface area contributed by atoms with E-state index in [1.807, 2.05) is 36.7 Å². The van der Waals surface area contributed by atoms with Crippen molar-refractivity contribution in [1.82, 2.24) is 19.1 Å². The van der Waals surface area contributed by atoms with E-state index in [0.717, 1.165) is 39.7 Å². The molecule has 0 saturated heterocycles. The summed E-state index contributed by atoms with van der Waals surface area (Å²) in [5.74, 6) is 0. The van der Waals surface area contributed by atoms with Gasteiger partial charge in [-0.15, -0.1) is 47.0 Å². The summed E-state index contributed by atoms with van der Waals surface area (Å²) < 4.78 is 4.27. The Morgan fingerprint density at radius 2 is 1.46 bits per heavy atom. The Bertz CT molecular complexity index is 2140. The van der Waals surface area contributed by atoms with Gasteiger partial charge in [-0.3, -0.25) is 4.98 Å². The van der Waals surface area contributed by atoms with Crippen LogP contribution in [0.5, 0.6) is 0 Å². The molecule has 227 valence electrons. The summed E-state index contributed by atoms with van der Waals surface area (Å²) in [5, 5.41) is 0. The van der Waals surface area contributed by atoms with E-state index < -0.39 is 0 Å². The summed E-state index contributed by atoms with van der Waals surface area (Å²) in [5.41, 5.74) is 14.7. The van der Waals surface area contributed by atoms with Crippen LogP contribution in [0, 0.1) is 32.9 Å². The fourth-order valence-electron chi connectivity index (χ4n) is 6.19. The van der Waals surface area contributed by atoms with Gasteiger partial charge in [0.15, 0.2) is 0 Å². The van der Waals surface area contributed by atoms with Gasteiger partial charge < -0.3 is 4.98 Å². The normalized spacial score (nSPS) is 13.2. The van der Waals surface area contributed by atoms with E-state index in [2.05, 4.69) is 146 Å². The average Bonchev–Trinajstić information content (AvgIpc) is 3.57. The number of para-hydroxylation sites is 3. The van der Waals surface area contributed by atoms with E-state index in [0.29, 0.717) is 0 Å². The van der Waals surface area contributed by atoms with Crippen LogP contribution in [0.3, 0.4) is 0 Å². The molecule has 4 aromatic carbocycles. The minimum absolute atomic E-state index is 0. The van der Waals surface area contributed by atoms with E-state index in [9.17, 15) is 0 Å². The van der Waals surface area contributed by atoms with Crippen molar-refractivity contribution in [3.05, 3.63) is 156 Å². The molecule has 0 saturated carbocycles. The summed E-state index contributed by atoms with van der Waals surface area (Å²) in [7, 11) is 0. The monoisotopic (exact) mass is 775 g/mol. The Balaban J connectivity index is 0.000000197. The molecule has 1 aliphatic carbocycles. The Morgan fingerprint density at radius 1 is 0.717 bits per heavy atom. The summed E-state index contributed by atoms with van der Waals surface area (Å²) in [4.78, 5) is 9.15. The van der Waals surface area contributed by atoms with Crippen LogP contribution >= 0.6 is 0 Å². The number of aromatic nitrogens is 2. The van der Waals surface area contributed by atoms with E-state index in [1.165, 1.54) is 33.4 Å². The molecule has 4 nitrogen and oxygen atoms in total. The van der Waals surface area contributed by atoms with Crippen LogP contribution in [0.15, 0.2) is 116 Å². The van der Waals surface area contributed by atoms with Gasteiger partial charge >= 0.3 is 6.01 Å². The van der Waals surface area contributed by atoms with Crippen LogP contribution in [0.2, 0.25) is 0 Å². The summed E-state index contributed by atoms with van der Waals surface area (Å²) in [6.07, 6.45) is 3.80. The third kappa shape index (κ3) is 5.48. The van der Waals surface area contributed by atoms with Crippen molar-refractivity contribution in [3.8, 4) is 22.4 Å². The fraction of sp³-hybridized carbons (Fsp3) is 0.146. The molecule has 0 spiro atoms. The average molecular weight is 775 g/mol. The standard InChI is InChI=1S/C27H20N3.C14H14N.Ir/c1-27(2)25-20(21-13-9-17-28-26(21)27)12-8-16-24(25)30-18-29(19-10-4-3-5-11-19)22-14-6-7-15-23(22)30;1-10-4-6-13(7-5-10)14-8-11(2)12(3)9-15-14;/h3-15,17H,1-2H3;4-6,8-9H,1-3H3;/q+1;-1;. The first-order valence-electron chi connectivity index (χ1n) is 15.3. The van der Waals surface area contributed by atoms with Crippen LogP contribution in [0.1, 0.15) is 41.8 Å². The fourth-order valence-corrected chi connectivity index (χ4v) is 6.19. The Kier molecular flexibility index (Phi) is 8.51. The summed E-state index contributed by atoms with van der Waals surface area (Å²) in [6.45, 7) is 10.7. The molecule has 46 heavy (non-hydrogen) atoms. The summed E-state index contributed by atoms with van der Waals surface area (Å²) in [6, 6.07) is 45.8. The third-order valence-electron chi connectivity index (χ3n) is 8.71. The number of rotatable bonds is 3. The Labute approximate surface area is 284 Å². The van der Waals surface area contributed by atoms with Crippen molar-refractivity contribution >= 4 is 28.8 Å². The molecular weight excluding hydrogens is 741 g/mol. The van der Waals surface area contributed by atoms with Crippen LogP contribution in [-0.2, 0) is 25.5 Å². The molecule has 2 aromatic heterocycles. The van der Waals surface area contributed by atoms with E-state index >= 15 is 0 Å². The van der Waals surface area contributed by atoms with Crippen molar-refractivity contribution in [1.29, 1.82) is 0 Å². The maximum atomic E-state index is 4.74. The molecule has 1 aliphatic heterocycles. The van der Waals surface area contributed by atoms with Gasteiger partial charge in [0, 0.05) is 62.5 Å². The van der Waals surface area contributed by atoms with Gasteiger partial charge in [-0.25, -0.2) is 0 Å². The van der Waals surface area contributed by atoms with Crippen molar-refractivity contribution in [3.63, 3.8) is 0 Å². The van der Waals surface area contributed by atoms with Gasteiger partial charge in [0.05, 0.1) is 0 Å². The van der Waals surface area contributed by atoms with Gasteiger partial charge in [-0.1, -0.05) is 78.9 Å². The van der Waals surface area contributed by atoms with Gasteiger partial charge in [0.2, 0.25) is 5.69 Å². The zero-order chi connectivity index (χ0) is 31.1. The molecule has 2 aliphatic rings. The smallest absolute Gasteiger partial charge is 0.304 e. The van der Waals surface area contributed by atoms with Crippen molar-refractivity contribution in [2.75, 3.05) is 0 Å². The number of aryl methyl sites for hydroxylation is 3. The predicted molar refractivity (Wildman–Crippen MR) is 184 cm³/mol. The van der Waals surface area contributed by atoms with E-state index in [4.69, 9.17) is 4.98 Å². The molecule has 6 aromatic rings. The van der Waals surface area contributed by atoms with Crippen molar-refractivity contribution < 1.29 is 20.1 Å². The van der Waals surface area contributed by atoms with Gasteiger partial charge in [-0.05, 0) is 46.7 Å². The molecule has 3 heterocycles. The third-order valence-corrected chi connectivity index (χ3v) is 8.71. The molecule has 0 N–H and O–H groups in total. The van der Waals surface area contributed by atoms with Crippen LogP contribution in [0.25, 0.3) is 22.4 Å².